The summed E-state index contributed by atoms with van der Waals surface area (Å²) < 4.78 is 41.7. The molecule has 1 amide bonds. The van der Waals surface area contributed by atoms with Gasteiger partial charge in [-0.15, -0.1) is 12.4 Å². The Morgan fingerprint density at radius 3 is 2.44 bits per heavy atom. The molecule has 1 saturated heterocycles. The second-order valence-corrected chi connectivity index (χ2v) is 6.87. The fraction of sp³-hybridized carbons (Fsp3) is 0.632. The first-order valence-corrected chi connectivity index (χ1v) is 9.07. The fourth-order valence-electron chi connectivity index (χ4n) is 3.42. The van der Waals surface area contributed by atoms with E-state index >= 15 is 0 Å². The number of nitrogens with one attached hydrogen (secondary N) is 1. The van der Waals surface area contributed by atoms with Crippen LogP contribution in [0.4, 0.5) is 18.9 Å². The summed E-state index contributed by atoms with van der Waals surface area (Å²) >= 11 is 0. The van der Waals surface area contributed by atoms with E-state index in [4.69, 9.17) is 4.74 Å². The molecule has 1 aromatic rings. The van der Waals surface area contributed by atoms with Crippen LogP contribution in [-0.4, -0.2) is 42.7 Å². The minimum atomic E-state index is -4.38. The third-order valence-corrected chi connectivity index (χ3v) is 4.58. The van der Waals surface area contributed by atoms with Gasteiger partial charge in [-0.1, -0.05) is 13.3 Å². The van der Waals surface area contributed by atoms with Crippen molar-refractivity contribution in [3.05, 3.63) is 23.3 Å². The summed E-state index contributed by atoms with van der Waals surface area (Å²) in [7, 11) is 0. The van der Waals surface area contributed by atoms with E-state index in [-0.39, 0.29) is 30.1 Å². The van der Waals surface area contributed by atoms with Crippen molar-refractivity contribution in [1.82, 2.24) is 4.90 Å². The van der Waals surface area contributed by atoms with Crippen LogP contribution >= 0.6 is 12.4 Å². The van der Waals surface area contributed by atoms with Gasteiger partial charge >= 0.3 is 6.18 Å². The topological polar surface area (TPSA) is 41.6 Å². The summed E-state index contributed by atoms with van der Waals surface area (Å²) in [6.07, 6.45) is -0.421. The van der Waals surface area contributed by atoms with E-state index in [9.17, 15) is 18.0 Å². The van der Waals surface area contributed by atoms with Crippen molar-refractivity contribution in [3.8, 4) is 5.75 Å². The number of carbonyl (C=O) groups excluding carboxylic acids is 1. The van der Waals surface area contributed by atoms with Gasteiger partial charge in [-0.2, -0.15) is 13.2 Å². The van der Waals surface area contributed by atoms with E-state index in [1.54, 1.807) is 13.8 Å². The average molecular weight is 409 g/mol. The Morgan fingerprint density at radius 1 is 1.26 bits per heavy atom. The fourth-order valence-corrected chi connectivity index (χ4v) is 3.42. The molecule has 154 valence electrons. The molecule has 0 bridgehead atoms. The Balaban J connectivity index is 0.00000364. The predicted molar refractivity (Wildman–Crippen MR) is 103 cm³/mol. The van der Waals surface area contributed by atoms with E-state index in [0.717, 1.165) is 38.8 Å². The quantitative estimate of drug-likeness (QED) is 0.730. The Labute approximate surface area is 164 Å². The molecule has 1 fully saturated rings. The summed E-state index contributed by atoms with van der Waals surface area (Å²) in [5, 5.41) is 2.98. The van der Waals surface area contributed by atoms with Crippen LogP contribution in [0.15, 0.2) is 12.1 Å². The smallest absolute Gasteiger partial charge is 0.422 e. The molecule has 1 aliphatic heterocycles. The molecule has 0 saturated carbocycles. The van der Waals surface area contributed by atoms with E-state index < -0.39 is 12.8 Å². The third-order valence-electron chi connectivity index (χ3n) is 4.58. The molecule has 0 aromatic heterocycles. The molecule has 1 aromatic carbocycles. The van der Waals surface area contributed by atoms with Crippen molar-refractivity contribution in [2.24, 2.45) is 0 Å². The Hall–Kier alpha value is -1.47. The number of amides is 1. The Kier molecular flexibility index (Phi) is 8.88. The second kappa shape index (κ2) is 10.2. The molecular weight excluding hydrogens is 381 g/mol. The summed E-state index contributed by atoms with van der Waals surface area (Å²) in [5.74, 6) is 0.105. The average Bonchev–Trinajstić information content (AvgIpc) is 2.56. The van der Waals surface area contributed by atoms with Crippen LogP contribution in [0.3, 0.4) is 0 Å². The highest BCUT2D eigenvalue weighted by Crippen LogP contribution is 2.29. The molecule has 27 heavy (non-hydrogen) atoms. The minimum absolute atomic E-state index is 0. The normalized spacial score (nSPS) is 17.9. The van der Waals surface area contributed by atoms with E-state index in [1.807, 2.05) is 0 Å². The largest absolute Gasteiger partial charge is 0.484 e. The Bertz CT molecular complexity index is 613. The number of hydrogen-bond donors (Lipinski definition) is 1. The monoisotopic (exact) mass is 408 g/mol. The summed E-state index contributed by atoms with van der Waals surface area (Å²) in [4.78, 5) is 15.0. The number of hydrogen-bond acceptors (Lipinski definition) is 3. The predicted octanol–water partition coefficient (Wildman–Crippen LogP) is 4.87. The number of rotatable bonds is 6. The number of benzene rings is 1. The highest BCUT2D eigenvalue weighted by Gasteiger charge is 2.30. The van der Waals surface area contributed by atoms with Crippen LogP contribution in [0.25, 0.3) is 0 Å². The third kappa shape index (κ3) is 6.88. The van der Waals surface area contributed by atoms with Crippen LogP contribution < -0.4 is 10.1 Å². The maximum atomic E-state index is 12.8. The number of carbonyl (C=O) groups is 1. The molecule has 0 aliphatic carbocycles. The summed E-state index contributed by atoms with van der Waals surface area (Å²) in [6, 6.07) is 2.90. The molecule has 0 radical (unpaired) electrons. The highest BCUT2D eigenvalue weighted by atomic mass is 35.5. The Morgan fingerprint density at radius 2 is 1.89 bits per heavy atom. The number of halogens is 4. The molecular formula is C19H28ClF3N2O2. The highest BCUT2D eigenvalue weighted by molar-refractivity contribution is 5.96. The number of anilines is 1. The van der Waals surface area contributed by atoms with Gasteiger partial charge in [0.25, 0.3) is 0 Å². The zero-order valence-electron chi connectivity index (χ0n) is 16.0. The lowest BCUT2D eigenvalue weighted by Crippen LogP contribution is -2.47. The molecule has 1 atom stereocenters. The number of likely N-dealkylation sites (tertiary alicyclic amines) is 1. The van der Waals surface area contributed by atoms with Crippen molar-refractivity contribution in [3.63, 3.8) is 0 Å². The molecule has 8 heteroatoms. The van der Waals surface area contributed by atoms with Crippen LogP contribution in [0.5, 0.6) is 5.75 Å². The minimum Gasteiger partial charge on any atom is -0.484 e. The molecule has 1 unspecified atom stereocenters. The lowest BCUT2D eigenvalue weighted by molar-refractivity contribution is -0.153. The van der Waals surface area contributed by atoms with Crippen LogP contribution in [0.2, 0.25) is 0 Å². The van der Waals surface area contributed by atoms with Gasteiger partial charge in [0, 0.05) is 5.69 Å². The van der Waals surface area contributed by atoms with E-state index in [2.05, 4.69) is 17.1 Å². The first-order chi connectivity index (χ1) is 12.2. The van der Waals surface area contributed by atoms with Gasteiger partial charge in [-0.3, -0.25) is 9.69 Å². The number of nitrogens with zero attached hydrogens (tertiary/aromatic N) is 1. The van der Waals surface area contributed by atoms with Crippen molar-refractivity contribution in [2.45, 2.75) is 58.7 Å². The maximum absolute atomic E-state index is 12.8. The van der Waals surface area contributed by atoms with E-state index in [0.29, 0.717) is 16.8 Å². The van der Waals surface area contributed by atoms with Crippen LogP contribution in [0, 0.1) is 13.8 Å². The first-order valence-electron chi connectivity index (χ1n) is 9.07. The number of aryl methyl sites for hydroxylation is 2. The van der Waals surface area contributed by atoms with E-state index in [1.165, 1.54) is 12.1 Å². The van der Waals surface area contributed by atoms with Crippen LogP contribution in [0.1, 0.15) is 43.7 Å². The zero-order chi connectivity index (χ0) is 19.3. The zero-order valence-corrected chi connectivity index (χ0v) is 16.8. The molecule has 2 rings (SSSR count). The van der Waals surface area contributed by atoms with Gasteiger partial charge in [0.2, 0.25) is 5.91 Å². The first kappa shape index (κ1) is 23.6. The molecule has 1 N–H and O–H groups in total. The molecule has 1 heterocycles. The van der Waals surface area contributed by atoms with Crippen molar-refractivity contribution < 1.29 is 22.7 Å². The summed E-state index contributed by atoms with van der Waals surface area (Å²) in [6.45, 7) is 6.10. The van der Waals surface area contributed by atoms with Gasteiger partial charge in [-0.05, 0) is 69.5 Å². The van der Waals surface area contributed by atoms with Crippen molar-refractivity contribution in [2.75, 3.05) is 25.0 Å². The van der Waals surface area contributed by atoms with Gasteiger partial charge in [0.1, 0.15) is 5.75 Å². The lowest BCUT2D eigenvalue weighted by atomic mass is 10.0. The van der Waals surface area contributed by atoms with Crippen molar-refractivity contribution >= 4 is 24.0 Å². The van der Waals surface area contributed by atoms with Crippen molar-refractivity contribution in [1.29, 1.82) is 0 Å². The molecule has 0 spiro atoms. The van der Waals surface area contributed by atoms with Gasteiger partial charge in [-0.25, -0.2) is 0 Å². The SMILES string of the molecule is CCCN1CCCCC1C(=O)Nc1c(C)cc(OCC(F)(F)F)cc1C.Cl. The van der Waals surface area contributed by atoms with Gasteiger partial charge in [0.05, 0.1) is 6.04 Å². The molecule has 4 nitrogen and oxygen atoms in total. The number of ether oxygens (including phenoxy) is 1. The second-order valence-electron chi connectivity index (χ2n) is 6.87. The lowest BCUT2D eigenvalue weighted by Gasteiger charge is -2.34. The van der Waals surface area contributed by atoms with Crippen LogP contribution in [-0.2, 0) is 4.79 Å². The standard InChI is InChI=1S/C19H27F3N2O2.ClH/c1-4-8-24-9-6-5-7-16(24)18(25)23-17-13(2)10-15(11-14(17)3)26-12-19(20,21)22;/h10-11,16H,4-9,12H2,1-3H3,(H,23,25);1H. The maximum Gasteiger partial charge on any atom is 0.422 e. The number of piperidine rings is 1. The van der Waals surface area contributed by atoms with Gasteiger partial charge < -0.3 is 10.1 Å². The number of alkyl halides is 3. The molecule has 1 aliphatic rings. The van der Waals surface area contributed by atoms with Gasteiger partial charge in [0.15, 0.2) is 6.61 Å². The summed E-state index contributed by atoms with van der Waals surface area (Å²) in [5.41, 5.74) is 2.03.